The molecule has 2 aliphatic heterocycles. The van der Waals surface area contributed by atoms with E-state index in [1.165, 1.54) is 112 Å². The molecule has 4 nitrogen and oxygen atoms in total. The fourth-order valence-electron chi connectivity index (χ4n) is 6.45. The molecule has 194 valence electrons. The van der Waals surface area contributed by atoms with Crippen molar-refractivity contribution in [3.63, 3.8) is 0 Å². The van der Waals surface area contributed by atoms with Crippen LogP contribution in [0.15, 0.2) is 48.7 Å². The van der Waals surface area contributed by atoms with E-state index in [-0.39, 0.29) is 12.4 Å². The van der Waals surface area contributed by atoms with E-state index in [1.807, 2.05) is 0 Å². The fourth-order valence-corrected chi connectivity index (χ4v) is 6.45. The third-order valence-electron chi connectivity index (χ3n) is 8.89. The van der Waals surface area contributed by atoms with Crippen molar-refractivity contribution in [2.75, 3.05) is 39.3 Å². The number of nitrogens with zero attached hydrogens (tertiary/aromatic N) is 2. The number of piperidine rings is 1. The molecule has 2 aromatic carbocycles. The Bertz CT molecular complexity index is 1120. The second-order valence-corrected chi connectivity index (χ2v) is 11.0. The molecule has 36 heavy (non-hydrogen) atoms. The number of unbranched alkanes of at least 4 members (excludes halogenated alkanes) is 1. The van der Waals surface area contributed by atoms with Gasteiger partial charge >= 0.3 is 0 Å². The quantitative estimate of drug-likeness (QED) is 0.349. The Hall–Kier alpha value is -2.01. The summed E-state index contributed by atoms with van der Waals surface area (Å²) >= 11 is 0. The second kappa shape index (κ2) is 12.0. The second-order valence-electron chi connectivity index (χ2n) is 11.0. The molecule has 1 saturated carbocycles. The van der Waals surface area contributed by atoms with Gasteiger partial charge in [-0.15, -0.1) is 12.4 Å². The number of H-pyrrole nitrogens is 1. The van der Waals surface area contributed by atoms with E-state index in [1.54, 1.807) is 0 Å². The molecule has 5 heteroatoms. The molecule has 3 heterocycles. The zero-order valence-corrected chi connectivity index (χ0v) is 22.4. The van der Waals surface area contributed by atoms with Gasteiger partial charge in [0.2, 0.25) is 0 Å². The number of hydrogen-bond donors (Lipinski definition) is 1. The zero-order chi connectivity index (χ0) is 23.5. The molecule has 0 bridgehead atoms. The first kappa shape index (κ1) is 25.6. The Labute approximate surface area is 222 Å². The lowest BCUT2D eigenvalue weighted by molar-refractivity contribution is 0.133. The number of rotatable bonds is 8. The first-order valence-corrected chi connectivity index (χ1v) is 14.1. The van der Waals surface area contributed by atoms with Gasteiger partial charge in [0.05, 0.1) is 6.61 Å². The van der Waals surface area contributed by atoms with Crippen LogP contribution in [0.4, 0.5) is 0 Å². The van der Waals surface area contributed by atoms with Crippen molar-refractivity contribution in [1.82, 2.24) is 14.8 Å². The first-order chi connectivity index (χ1) is 17.3. The Morgan fingerprint density at radius 3 is 2.47 bits per heavy atom. The minimum atomic E-state index is 0. The van der Waals surface area contributed by atoms with Gasteiger partial charge in [-0.1, -0.05) is 30.7 Å². The minimum absolute atomic E-state index is 0. The first-order valence-electron chi connectivity index (χ1n) is 14.1. The molecule has 3 aliphatic rings. The standard InChI is InChI=1S/C31H41N3O.ClH/c1-2-9-31-29(8-1)30(23-32-31)25-12-17-33(18-13-25)16-3-4-21-35-28-11-10-24-14-19-34(27-6-5-7-27)20-15-26(24)22-28;/h1-2,8-11,22-23,25,27,32H,3-7,12-21H2;1H. The number of ether oxygens (including phenoxy) is 1. The van der Waals surface area contributed by atoms with Gasteiger partial charge in [0.1, 0.15) is 5.75 Å². The number of aromatic amines is 1. The van der Waals surface area contributed by atoms with Crippen molar-refractivity contribution < 1.29 is 4.74 Å². The van der Waals surface area contributed by atoms with Gasteiger partial charge in [-0.05, 0) is 112 Å². The number of hydrogen-bond acceptors (Lipinski definition) is 3. The monoisotopic (exact) mass is 507 g/mol. The maximum Gasteiger partial charge on any atom is 0.119 e. The normalized spacial score (nSPS) is 19.9. The number of benzene rings is 2. The summed E-state index contributed by atoms with van der Waals surface area (Å²) in [6.07, 6.45) is 13.8. The van der Waals surface area contributed by atoms with Gasteiger partial charge < -0.3 is 14.6 Å². The van der Waals surface area contributed by atoms with Crippen molar-refractivity contribution >= 4 is 23.3 Å². The van der Waals surface area contributed by atoms with Crippen LogP contribution in [-0.2, 0) is 12.8 Å². The summed E-state index contributed by atoms with van der Waals surface area (Å²) in [6, 6.07) is 16.4. The van der Waals surface area contributed by atoms with Crippen LogP contribution in [0.5, 0.6) is 5.75 Å². The molecule has 0 amide bonds. The van der Waals surface area contributed by atoms with Crippen molar-refractivity contribution in [3.05, 3.63) is 65.4 Å². The van der Waals surface area contributed by atoms with E-state index in [4.69, 9.17) is 4.74 Å². The third-order valence-corrected chi connectivity index (χ3v) is 8.89. The van der Waals surface area contributed by atoms with Crippen molar-refractivity contribution in [1.29, 1.82) is 0 Å². The molecule has 0 atom stereocenters. The van der Waals surface area contributed by atoms with Gasteiger partial charge in [0.15, 0.2) is 0 Å². The molecule has 0 unspecified atom stereocenters. The summed E-state index contributed by atoms with van der Waals surface area (Å²) in [5, 5.41) is 1.41. The van der Waals surface area contributed by atoms with E-state index in [9.17, 15) is 0 Å². The number of likely N-dealkylation sites (tertiary alicyclic amines) is 1. The highest BCUT2D eigenvalue weighted by Crippen LogP contribution is 2.33. The fraction of sp³-hybridized carbons (Fsp3) is 0.548. The Balaban J connectivity index is 0.00000267. The van der Waals surface area contributed by atoms with Crippen molar-refractivity contribution in [2.45, 2.75) is 69.7 Å². The number of fused-ring (bicyclic) bond motifs is 2. The van der Waals surface area contributed by atoms with Crippen LogP contribution in [-0.4, -0.2) is 60.2 Å². The summed E-state index contributed by atoms with van der Waals surface area (Å²) in [5.74, 6) is 1.76. The van der Waals surface area contributed by atoms with Crippen LogP contribution in [0.1, 0.15) is 67.6 Å². The van der Waals surface area contributed by atoms with Crippen LogP contribution in [0, 0.1) is 0 Å². The maximum atomic E-state index is 6.18. The van der Waals surface area contributed by atoms with E-state index in [2.05, 4.69) is 63.4 Å². The Morgan fingerprint density at radius 1 is 0.861 bits per heavy atom. The molecule has 0 radical (unpaired) electrons. The molecular weight excluding hydrogens is 466 g/mol. The number of para-hydroxylation sites is 1. The lowest BCUT2D eigenvalue weighted by Gasteiger charge is -2.36. The van der Waals surface area contributed by atoms with E-state index in [0.717, 1.165) is 24.8 Å². The molecule has 1 aromatic heterocycles. The molecule has 1 saturated heterocycles. The average Bonchev–Trinajstić information content (AvgIpc) is 3.19. The molecule has 1 aliphatic carbocycles. The summed E-state index contributed by atoms with van der Waals surface area (Å²) in [4.78, 5) is 8.84. The van der Waals surface area contributed by atoms with Gasteiger partial charge in [0, 0.05) is 36.2 Å². The average molecular weight is 508 g/mol. The van der Waals surface area contributed by atoms with Gasteiger partial charge in [-0.3, -0.25) is 4.90 Å². The summed E-state index contributed by atoms with van der Waals surface area (Å²) in [6.45, 7) is 6.92. The number of nitrogens with one attached hydrogen (secondary N) is 1. The topological polar surface area (TPSA) is 31.5 Å². The molecular formula is C31H42ClN3O. The number of aromatic nitrogens is 1. The maximum absolute atomic E-state index is 6.18. The zero-order valence-electron chi connectivity index (χ0n) is 21.6. The van der Waals surface area contributed by atoms with Gasteiger partial charge in [-0.25, -0.2) is 0 Å². The Kier molecular flexibility index (Phi) is 8.56. The van der Waals surface area contributed by atoms with Crippen molar-refractivity contribution in [3.8, 4) is 5.75 Å². The van der Waals surface area contributed by atoms with E-state index >= 15 is 0 Å². The minimum Gasteiger partial charge on any atom is -0.494 e. The predicted octanol–water partition coefficient (Wildman–Crippen LogP) is 6.58. The van der Waals surface area contributed by atoms with Crippen molar-refractivity contribution in [2.24, 2.45) is 0 Å². The lowest BCUT2D eigenvalue weighted by atomic mass is 9.89. The third kappa shape index (κ3) is 5.77. The summed E-state index contributed by atoms with van der Waals surface area (Å²) < 4.78 is 6.18. The highest BCUT2D eigenvalue weighted by Gasteiger charge is 2.26. The molecule has 0 spiro atoms. The van der Waals surface area contributed by atoms with Crippen LogP contribution >= 0.6 is 12.4 Å². The summed E-state index contributed by atoms with van der Waals surface area (Å²) in [7, 11) is 0. The molecule has 3 aromatic rings. The van der Waals surface area contributed by atoms with Crippen LogP contribution in [0.25, 0.3) is 10.9 Å². The Morgan fingerprint density at radius 2 is 1.67 bits per heavy atom. The van der Waals surface area contributed by atoms with Gasteiger partial charge in [-0.2, -0.15) is 0 Å². The SMILES string of the molecule is Cl.c1ccc2c(C3CCN(CCCCOc4ccc5c(c4)CCN(C4CCC4)CC5)CC3)c[nH]c2c1. The van der Waals surface area contributed by atoms with E-state index < -0.39 is 0 Å². The number of halogens is 1. The summed E-state index contributed by atoms with van der Waals surface area (Å²) in [5.41, 5.74) is 5.85. The lowest BCUT2D eigenvalue weighted by Crippen LogP contribution is -2.41. The smallest absolute Gasteiger partial charge is 0.119 e. The van der Waals surface area contributed by atoms with Crippen LogP contribution < -0.4 is 4.74 Å². The largest absolute Gasteiger partial charge is 0.494 e. The highest BCUT2D eigenvalue weighted by molar-refractivity contribution is 5.85. The van der Waals surface area contributed by atoms with Gasteiger partial charge in [0.25, 0.3) is 0 Å². The highest BCUT2D eigenvalue weighted by atomic mass is 35.5. The van der Waals surface area contributed by atoms with Crippen LogP contribution in [0.2, 0.25) is 0 Å². The molecule has 2 fully saturated rings. The van der Waals surface area contributed by atoms with Crippen LogP contribution in [0.3, 0.4) is 0 Å². The predicted molar refractivity (Wildman–Crippen MR) is 152 cm³/mol. The molecule has 1 N–H and O–H groups in total. The molecule has 6 rings (SSSR count). The van der Waals surface area contributed by atoms with E-state index in [0.29, 0.717) is 5.92 Å².